The van der Waals surface area contributed by atoms with Gasteiger partial charge in [0.15, 0.2) is 11.5 Å². The van der Waals surface area contributed by atoms with Gasteiger partial charge in [-0.3, -0.25) is 9.09 Å². The molecule has 3 rings (SSSR count). The first-order chi connectivity index (χ1) is 14.8. The Kier molecular flexibility index (Phi) is 7.02. The highest BCUT2D eigenvalue weighted by molar-refractivity contribution is 7.66. The molecule has 0 aromatic carbocycles. The molecule has 6 N–H and O–H groups in total. The van der Waals surface area contributed by atoms with Gasteiger partial charge in [0.2, 0.25) is 0 Å². The molecule has 0 saturated carbocycles. The van der Waals surface area contributed by atoms with Crippen molar-refractivity contribution in [3.8, 4) is 0 Å². The molecule has 1 fully saturated rings. The molecular weight excluding hydrogens is 501 g/mol. The van der Waals surface area contributed by atoms with E-state index in [9.17, 15) is 18.6 Å². The van der Waals surface area contributed by atoms with E-state index in [2.05, 4.69) is 38.1 Å². The summed E-state index contributed by atoms with van der Waals surface area (Å²) >= 11 is 0. The first kappa shape index (κ1) is 24.7. The van der Waals surface area contributed by atoms with Crippen molar-refractivity contribution in [2.75, 3.05) is 12.3 Å². The number of hydrogen-bond donors (Lipinski definition) is 5. The minimum Gasteiger partial charge on any atom is -0.382 e. The minimum absolute atomic E-state index is 0.0231. The second-order valence-corrected chi connectivity index (χ2v) is 10.5. The lowest BCUT2D eigenvalue weighted by Gasteiger charge is -2.19. The van der Waals surface area contributed by atoms with Crippen LogP contribution in [0.1, 0.15) is 12.6 Å². The normalized spacial score (nSPS) is 25.2. The molecule has 0 spiro atoms. The second kappa shape index (κ2) is 9.11. The Balaban J connectivity index is 1.71. The number of phosphoric acid groups is 3. The van der Waals surface area contributed by atoms with Crippen LogP contribution >= 0.6 is 23.5 Å². The summed E-state index contributed by atoms with van der Waals surface area (Å²) in [6, 6.07) is -0.844. The van der Waals surface area contributed by atoms with Gasteiger partial charge in [0.25, 0.3) is 0 Å². The quantitative estimate of drug-likeness (QED) is 0.133. The van der Waals surface area contributed by atoms with Crippen LogP contribution in [0.15, 0.2) is 17.8 Å². The highest BCUT2D eigenvalue weighted by atomic mass is 31.3. The predicted molar refractivity (Wildman–Crippen MR) is 101 cm³/mol. The van der Waals surface area contributed by atoms with Gasteiger partial charge in [-0.1, -0.05) is 5.11 Å². The Morgan fingerprint density at radius 2 is 1.94 bits per heavy atom. The minimum atomic E-state index is -5.65. The van der Waals surface area contributed by atoms with Crippen LogP contribution in [0, 0.1) is 0 Å². The van der Waals surface area contributed by atoms with Gasteiger partial charge in [-0.2, -0.15) is 8.62 Å². The number of rotatable bonds is 9. The number of anilines is 1. The highest BCUT2D eigenvalue weighted by Crippen LogP contribution is 2.66. The molecule has 176 valence electrons. The lowest BCUT2D eigenvalue weighted by Crippen LogP contribution is -2.18. The van der Waals surface area contributed by atoms with Gasteiger partial charge in [0, 0.05) is 4.91 Å². The van der Waals surface area contributed by atoms with Crippen LogP contribution in [0.3, 0.4) is 0 Å². The van der Waals surface area contributed by atoms with Crippen molar-refractivity contribution < 1.29 is 51.2 Å². The zero-order valence-electron chi connectivity index (χ0n) is 15.5. The molecule has 32 heavy (non-hydrogen) atoms. The van der Waals surface area contributed by atoms with Crippen LogP contribution in [-0.2, 0) is 31.6 Å². The van der Waals surface area contributed by atoms with Gasteiger partial charge in [0.1, 0.15) is 18.1 Å². The Morgan fingerprint density at radius 3 is 2.59 bits per heavy atom. The van der Waals surface area contributed by atoms with E-state index in [0.717, 1.165) is 0 Å². The van der Waals surface area contributed by atoms with Crippen molar-refractivity contribution in [2.24, 2.45) is 5.11 Å². The van der Waals surface area contributed by atoms with E-state index in [1.165, 1.54) is 17.2 Å². The molecule has 0 aliphatic carbocycles. The predicted octanol–water partition coefficient (Wildman–Crippen LogP) is 0.718. The van der Waals surface area contributed by atoms with Crippen LogP contribution < -0.4 is 5.73 Å². The number of azide groups is 1. The summed E-state index contributed by atoms with van der Waals surface area (Å²) in [6.07, 6.45) is 0.507. The fourth-order valence-electron chi connectivity index (χ4n) is 2.79. The number of aromatic nitrogens is 4. The van der Waals surface area contributed by atoms with Crippen LogP contribution in [-0.4, -0.2) is 57.8 Å². The molecule has 3 heterocycles. The molecule has 1 saturated heterocycles. The molecule has 1 aliphatic heterocycles. The molecule has 2 aromatic rings. The lowest BCUT2D eigenvalue weighted by molar-refractivity contribution is -0.0236. The summed E-state index contributed by atoms with van der Waals surface area (Å²) in [6.45, 7) is -0.707. The van der Waals surface area contributed by atoms with Crippen LogP contribution in [0.4, 0.5) is 5.82 Å². The van der Waals surface area contributed by atoms with Crippen molar-refractivity contribution in [1.82, 2.24) is 19.5 Å². The molecule has 5 unspecified atom stereocenters. The molecule has 2 aromatic heterocycles. The Morgan fingerprint density at radius 1 is 1.22 bits per heavy atom. The topological polar surface area (TPSA) is 287 Å². The molecular formula is C10H15N8O11P3. The molecule has 19 nitrogen and oxygen atoms in total. The zero-order valence-corrected chi connectivity index (χ0v) is 18.2. The maximum Gasteiger partial charge on any atom is 0.490 e. The first-order valence-corrected chi connectivity index (χ1v) is 12.7. The zero-order chi connectivity index (χ0) is 23.7. The number of imidazole rings is 1. The third-order valence-electron chi connectivity index (χ3n) is 3.87. The molecule has 1 aliphatic rings. The molecule has 5 atom stereocenters. The maximum absolute atomic E-state index is 11.9. The third-order valence-corrected chi connectivity index (χ3v) is 7.67. The first-order valence-electron chi connectivity index (χ1n) is 8.21. The number of nitrogens with two attached hydrogens (primary N) is 1. The number of ether oxygens (including phenoxy) is 1. The number of fused-ring (bicyclic) bond motifs is 1. The largest absolute Gasteiger partial charge is 0.490 e. The summed E-state index contributed by atoms with van der Waals surface area (Å²) < 4.78 is 52.8. The van der Waals surface area contributed by atoms with Gasteiger partial charge < -0.3 is 30.0 Å². The van der Waals surface area contributed by atoms with E-state index >= 15 is 0 Å². The number of hydrogen-bond acceptors (Lipinski definition) is 12. The highest BCUT2D eigenvalue weighted by Gasteiger charge is 2.43. The van der Waals surface area contributed by atoms with Crippen molar-refractivity contribution in [1.29, 1.82) is 0 Å². The van der Waals surface area contributed by atoms with Gasteiger partial charge in [-0.05, 0) is 12.0 Å². The lowest BCUT2D eigenvalue weighted by atomic mass is 10.2. The standard InChI is InChI=1S/C10H15N8O11P3/c11-8-7-9(14-3-13-8)18(4-15-7)10-6(16-17-12)1-5(27-10)2-26-31(22,23)29-32(24,25)28-30(19,20)21/h3-6,10H,1-2H2,(H,22,23)(H,24,25)(H2,11,13,14)(H2,19,20,21). The molecule has 0 bridgehead atoms. The Hall–Kier alpha value is -1.97. The smallest absolute Gasteiger partial charge is 0.382 e. The van der Waals surface area contributed by atoms with Crippen molar-refractivity contribution in [3.63, 3.8) is 0 Å². The van der Waals surface area contributed by atoms with E-state index < -0.39 is 48.4 Å². The van der Waals surface area contributed by atoms with E-state index in [0.29, 0.717) is 0 Å². The van der Waals surface area contributed by atoms with E-state index in [1.807, 2.05) is 0 Å². The van der Waals surface area contributed by atoms with E-state index in [1.54, 1.807) is 0 Å². The fraction of sp³-hybridized carbons (Fsp3) is 0.500. The number of phosphoric ester groups is 1. The van der Waals surface area contributed by atoms with Gasteiger partial charge in [-0.15, -0.1) is 0 Å². The van der Waals surface area contributed by atoms with Crippen LogP contribution in [0.25, 0.3) is 21.6 Å². The molecule has 22 heteroatoms. The van der Waals surface area contributed by atoms with E-state index in [4.69, 9.17) is 30.7 Å². The average molecular weight is 516 g/mol. The summed E-state index contributed by atoms with van der Waals surface area (Å²) in [5, 5.41) is 3.61. The number of nitrogens with zero attached hydrogens (tertiary/aromatic N) is 7. The summed E-state index contributed by atoms with van der Waals surface area (Å²) in [4.78, 5) is 50.4. The summed E-state index contributed by atoms with van der Waals surface area (Å²) in [5.41, 5.74) is 15.1. The van der Waals surface area contributed by atoms with E-state index in [-0.39, 0.29) is 23.4 Å². The second-order valence-electron chi connectivity index (χ2n) is 6.13. The fourth-order valence-corrected chi connectivity index (χ4v) is 5.84. The molecule has 0 radical (unpaired) electrons. The van der Waals surface area contributed by atoms with Gasteiger partial charge in [0.05, 0.1) is 25.1 Å². The Bertz CT molecular complexity index is 1190. The third kappa shape index (κ3) is 6.08. The molecule has 0 amide bonds. The van der Waals surface area contributed by atoms with Gasteiger partial charge >= 0.3 is 23.5 Å². The van der Waals surface area contributed by atoms with Crippen molar-refractivity contribution >= 4 is 40.4 Å². The SMILES string of the molecule is [N-]=[N+]=NC1CC(COP(=O)(O)OP(=O)(O)OP(=O)(O)O)OC1n1cnc2c(N)ncnc21. The summed E-state index contributed by atoms with van der Waals surface area (Å²) in [7, 11) is -16.5. The average Bonchev–Trinajstić information content (AvgIpc) is 3.22. The van der Waals surface area contributed by atoms with Gasteiger partial charge in [-0.25, -0.2) is 28.6 Å². The van der Waals surface area contributed by atoms with Crippen LogP contribution in [0.5, 0.6) is 0 Å². The van der Waals surface area contributed by atoms with Crippen molar-refractivity contribution in [3.05, 3.63) is 23.1 Å². The van der Waals surface area contributed by atoms with Crippen molar-refractivity contribution in [2.45, 2.75) is 24.8 Å². The summed E-state index contributed by atoms with van der Waals surface area (Å²) in [5.74, 6) is 0.0938. The maximum atomic E-state index is 11.9. The monoisotopic (exact) mass is 516 g/mol. The Labute approximate surface area is 177 Å². The number of nitrogen functional groups attached to an aromatic ring is 1. The van der Waals surface area contributed by atoms with Crippen LogP contribution in [0.2, 0.25) is 0 Å².